The fourth-order valence-electron chi connectivity index (χ4n) is 3.07. The van der Waals surface area contributed by atoms with Gasteiger partial charge in [0.2, 0.25) is 5.91 Å². The number of anilines is 2. The fraction of sp³-hybridized carbons (Fsp3) is 0.350. The molecule has 1 heterocycles. The highest BCUT2D eigenvalue weighted by molar-refractivity contribution is 5.94. The number of carbonyl (C=O) groups excluding carboxylic acids is 1. The minimum Gasteiger partial charge on any atom is -0.372 e. The highest BCUT2D eigenvalue weighted by atomic mass is 16.2. The Hall–Kier alpha value is -2.29. The summed E-state index contributed by atoms with van der Waals surface area (Å²) in [5.41, 5.74) is 3.28. The Morgan fingerprint density at radius 1 is 0.957 bits per heavy atom. The second-order valence-electron chi connectivity index (χ2n) is 6.18. The van der Waals surface area contributed by atoms with Crippen LogP contribution in [-0.2, 0) is 11.2 Å². The maximum absolute atomic E-state index is 12.4. The number of likely N-dealkylation sites (N-methyl/N-ethyl adjacent to an activating group) is 1. The SMILES string of the molecule is CN(C(=O)Cc1ccc(N2CCCCC2)cc1)c1ccccc1. The monoisotopic (exact) mass is 308 g/mol. The van der Waals surface area contributed by atoms with E-state index >= 15 is 0 Å². The van der Waals surface area contributed by atoms with Crippen LogP contribution in [-0.4, -0.2) is 26.0 Å². The molecule has 1 fully saturated rings. The van der Waals surface area contributed by atoms with E-state index in [1.165, 1.54) is 24.9 Å². The van der Waals surface area contributed by atoms with Crippen LogP contribution in [0.25, 0.3) is 0 Å². The van der Waals surface area contributed by atoms with Crippen molar-refractivity contribution in [1.82, 2.24) is 0 Å². The summed E-state index contributed by atoms with van der Waals surface area (Å²) in [4.78, 5) is 16.6. The highest BCUT2D eigenvalue weighted by Gasteiger charge is 2.13. The summed E-state index contributed by atoms with van der Waals surface area (Å²) in [5.74, 6) is 0.113. The minimum atomic E-state index is 0.113. The molecule has 0 N–H and O–H groups in total. The molecule has 0 spiro atoms. The standard InChI is InChI=1S/C20H24N2O/c1-21(18-8-4-2-5-9-18)20(23)16-17-10-12-19(13-11-17)22-14-6-3-7-15-22/h2,4-5,8-13H,3,6-7,14-16H2,1H3. The normalized spacial score (nSPS) is 14.6. The zero-order valence-electron chi connectivity index (χ0n) is 13.7. The zero-order chi connectivity index (χ0) is 16.1. The summed E-state index contributed by atoms with van der Waals surface area (Å²) in [6.07, 6.45) is 4.34. The van der Waals surface area contributed by atoms with Gasteiger partial charge in [-0.2, -0.15) is 0 Å². The van der Waals surface area contributed by atoms with Gasteiger partial charge in [-0.3, -0.25) is 4.79 Å². The molecule has 3 rings (SSSR count). The van der Waals surface area contributed by atoms with Crippen LogP contribution in [0.1, 0.15) is 24.8 Å². The van der Waals surface area contributed by atoms with Gasteiger partial charge < -0.3 is 9.80 Å². The van der Waals surface area contributed by atoms with Gasteiger partial charge in [-0.15, -0.1) is 0 Å². The van der Waals surface area contributed by atoms with Gasteiger partial charge in [0.25, 0.3) is 0 Å². The second kappa shape index (κ2) is 7.32. The maximum Gasteiger partial charge on any atom is 0.231 e. The molecule has 120 valence electrons. The lowest BCUT2D eigenvalue weighted by atomic mass is 10.1. The molecule has 1 amide bonds. The molecule has 1 saturated heterocycles. The number of carbonyl (C=O) groups is 1. The van der Waals surface area contributed by atoms with Crippen LogP contribution in [0.2, 0.25) is 0 Å². The third kappa shape index (κ3) is 3.92. The zero-order valence-corrected chi connectivity index (χ0v) is 13.7. The molecule has 0 atom stereocenters. The molecule has 0 saturated carbocycles. The van der Waals surface area contributed by atoms with Crippen LogP contribution in [0.4, 0.5) is 11.4 Å². The fourth-order valence-corrected chi connectivity index (χ4v) is 3.07. The average molecular weight is 308 g/mol. The third-order valence-corrected chi connectivity index (χ3v) is 4.53. The van der Waals surface area contributed by atoms with Crippen molar-refractivity contribution >= 4 is 17.3 Å². The first-order valence-corrected chi connectivity index (χ1v) is 8.39. The van der Waals surface area contributed by atoms with Gasteiger partial charge in [-0.25, -0.2) is 0 Å². The van der Waals surface area contributed by atoms with Crippen molar-refractivity contribution in [3.63, 3.8) is 0 Å². The van der Waals surface area contributed by atoms with E-state index in [-0.39, 0.29) is 5.91 Å². The van der Waals surface area contributed by atoms with Crippen molar-refractivity contribution in [3.8, 4) is 0 Å². The molecule has 3 heteroatoms. The Bertz CT molecular complexity index is 630. The summed E-state index contributed by atoms with van der Waals surface area (Å²) < 4.78 is 0. The molecule has 0 bridgehead atoms. The van der Waals surface area contributed by atoms with E-state index < -0.39 is 0 Å². The van der Waals surface area contributed by atoms with Crippen molar-refractivity contribution < 1.29 is 4.79 Å². The second-order valence-corrected chi connectivity index (χ2v) is 6.18. The lowest BCUT2D eigenvalue weighted by Gasteiger charge is -2.28. The molecule has 2 aromatic rings. The Balaban J connectivity index is 1.62. The summed E-state index contributed by atoms with van der Waals surface area (Å²) in [7, 11) is 1.83. The van der Waals surface area contributed by atoms with Crippen LogP contribution in [0.15, 0.2) is 54.6 Å². The predicted octanol–water partition coefficient (Wildman–Crippen LogP) is 3.88. The van der Waals surface area contributed by atoms with E-state index in [0.717, 1.165) is 24.3 Å². The molecular weight excluding hydrogens is 284 g/mol. The number of hydrogen-bond acceptors (Lipinski definition) is 2. The largest absolute Gasteiger partial charge is 0.372 e. The maximum atomic E-state index is 12.4. The third-order valence-electron chi connectivity index (χ3n) is 4.53. The number of para-hydroxylation sites is 1. The van der Waals surface area contributed by atoms with Crippen molar-refractivity contribution in [2.24, 2.45) is 0 Å². The van der Waals surface area contributed by atoms with Crippen LogP contribution < -0.4 is 9.80 Å². The summed E-state index contributed by atoms with van der Waals surface area (Å²) in [6.45, 7) is 2.30. The first kappa shape index (κ1) is 15.6. The minimum absolute atomic E-state index is 0.113. The van der Waals surface area contributed by atoms with E-state index in [1.807, 2.05) is 37.4 Å². The molecule has 2 aromatic carbocycles. The van der Waals surface area contributed by atoms with Crippen LogP contribution in [0.3, 0.4) is 0 Å². The number of benzene rings is 2. The van der Waals surface area contributed by atoms with E-state index in [4.69, 9.17) is 0 Å². The quantitative estimate of drug-likeness (QED) is 0.855. The molecule has 0 aliphatic carbocycles. The van der Waals surface area contributed by atoms with Crippen LogP contribution in [0.5, 0.6) is 0 Å². The Morgan fingerprint density at radius 3 is 2.26 bits per heavy atom. The average Bonchev–Trinajstić information content (AvgIpc) is 2.63. The first-order chi connectivity index (χ1) is 11.2. The topological polar surface area (TPSA) is 23.6 Å². The van der Waals surface area contributed by atoms with Crippen molar-refractivity contribution in [3.05, 3.63) is 60.2 Å². The van der Waals surface area contributed by atoms with Crippen molar-refractivity contribution in [2.45, 2.75) is 25.7 Å². The van der Waals surface area contributed by atoms with Crippen LogP contribution in [0, 0.1) is 0 Å². The lowest BCUT2D eigenvalue weighted by Crippen LogP contribution is -2.29. The van der Waals surface area contributed by atoms with E-state index in [1.54, 1.807) is 4.90 Å². The van der Waals surface area contributed by atoms with Gasteiger partial charge in [-0.1, -0.05) is 30.3 Å². The molecule has 0 radical (unpaired) electrons. The van der Waals surface area contributed by atoms with Gasteiger partial charge in [0.15, 0.2) is 0 Å². The first-order valence-electron chi connectivity index (χ1n) is 8.39. The number of piperidine rings is 1. The molecular formula is C20H24N2O. The van der Waals surface area contributed by atoms with Crippen molar-refractivity contribution in [2.75, 3.05) is 29.9 Å². The summed E-state index contributed by atoms with van der Waals surface area (Å²) in [6, 6.07) is 18.2. The Labute approximate surface area is 138 Å². The number of hydrogen-bond donors (Lipinski definition) is 0. The molecule has 1 aliphatic heterocycles. The van der Waals surface area contributed by atoms with E-state index in [9.17, 15) is 4.79 Å². The number of rotatable bonds is 4. The van der Waals surface area contributed by atoms with E-state index in [2.05, 4.69) is 29.2 Å². The number of nitrogens with zero attached hydrogens (tertiary/aromatic N) is 2. The lowest BCUT2D eigenvalue weighted by molar-refractivity contribution is -0.117. The van der Waals surface area contributed by atoms with Crippen molar-refractivity contribution in [1.29, 1.82) is 0 Å². The highest BCUT2D eigenvalue weighted by Crippen LogP contribution is 2.21. The van der Waals surface area contributed by atoms with Gasteiger partial charge in [-0.05, 0) is 49.1 Å². The van der Waals surface area contributed by atoms with E-state index in [0.29, 0.717) is 6.42 Å². The van der Waals surface area contributed by atoms with Gasteiger partial charge in [0.05, 0.1) is 6.42 Å². The Kier molecular flexibility index (Phi) is 4.96. The molecule has 0 aromatic heterocycles. The Morgan fingerprint density at radius 2 is 1.61 bits per heavy atom. The smallest absolute Gasteiger partial charge is 0.231 e. The van der Waals surface area contributed by atoms with Crippen LogP contribution >= 0.6 is 0 Å². The summed E-state index contributed by atoms with van der Waals surface area (Å²) in [5, 5.41) is 0. The molecule has 1 aliphatic rings. The number of amides is 1. The molecule has 23 heavy (non-hydrogen) atoms. The van der Waals surface area contributed by atoms with Gasteiger partial charge in [0.1, 0.15) is 0 Å². The van der Waals surface area contributed by atoms with Gasteiger partial charge >= 0.3 is 0 Å². The molecule has 3 nitrogen and oxygen atoms in total. The predicted molar refractivity (Wildman–Crippen MR) is 96.1 cm³/mol. The van der Waals surface area contributed by atoms with Gasteiger partial charge in [0, 0.05) is 31.5 Å². The summed E-state index contributed by atoms with van der Waals surface area (Å²) >= 11 is 0. The molecule has 0 unspecified atom stereocenters.